The van der Waals surface area contributed by atoms with Gasteiger partial charge in [0.2, 0.25) is 5.91 Å². The van der Waals surface area contributed by atoms with E-state index >= 15 is 0 Å². The van der Waals surface area contributed by atoms with Crippen molar-refractivity contribution in [2.45, 2.75) is 19.8 Å². The van der Waals surface area contributed by atoms with Gasteiger partial charge >= 0.3 is 0 Å². The molecule has 0 aliphatic carbocycles. The van der Waals surface area contributed by atoms with E-state index < -0.39 is 0 Å². The second kappa shape index (κ2) is 9.62. The molecule has 5 rings (SSSR count). The minimum absolute atomic E-state index is 0.0626. The van der Waals surface area contributed by atoms with Crippen LogP contribution in [0.2, 0.25) is 0 Å². The van der Waals surface area contributed by atoms with Gasteiger partial charge in [0, 0.05) is 74.9 Å². The molecular weight excluding hydrogens is 430 g/mol. The van der Waals surface area contributed by atoms with Crippen molar-refractivity contribution in [3.8, 4) is 5.82 Å². The van der Waals surface area contributed by atoms with E-state index in [4.69, 9.17) is 0 Å². The van der Waals surface area contributed by atoms with Crippen molar-refractivity contribution < 1.29 is 9.59 Å². The Bertz CT molecular complexity index is 1130. The van der Waals surface area contributed by atoms with Crippen molar-refractivity contribution in [3.63, 3.8) is 0 Å². The van der Waals surface area contributed by atoms with Gasteiger partial charge in [-0.1, -0.05) is 0 Å². The standard InChI is InChI=1S/C25H29N7O2/c1-19(33)20-2-4-22(5-3-20)29-12-14-31(15-13-29)25(34)21-6-9-30(10-7-21)23-16-24(28-17-27-23)32-11-8-26-18-32/h2-5,8,11,16-18,21H,6-7,9-10,12-15H2,1H3. The van der Waals surface area contributed by atoms with Crippen LogP contribution in [0, 0.1) is 5.92 Å². The predicted molar refractivity (Wildman–Crippen MR) is 129 cm³/mol. The molecule has 34 heavy (non-hydrogen) atoms. The molecule has 3 aromatic rings. The third-order valence-corrected chi connectivity index (χ3v) is 6.81. The molecule has 0 atom stereocenters. The first-order valence-electron chi connectivity index (χ1n) is 11.8. The smallest absolute Gasteiger partial charge is 0.225 e. The monoisotopic (exact) mass is 459 g/mol. The molecule has 0 spiro atoms. The molecule has 1 amide bonds. The van der Waals surface area contributed by atoms with E-state index in [2.05, 4.69) is 24.8 Å². The summed E-state index contributed by atoms with van der Waals surface area (Å²) in [7, 11) is 0. The highest BCUT2D eigenvalue weighted by atomic mass is 16.2. The number of Topliss-reactive ketones (excluding diaryl/α,β-unsaturated/α-hetero) is 1. The van der Waals surface area contributed by atoms with E-state index in [1.165, 1.54) is 0 Å². The summed E-state index contributed by atoms with van der Waals surface area (Å²) in [5.41, 5.74) is 1.83. The van der Waals surface area contributed by atoms with Crippen LogP contribution in [0.15, 0.2) is 55.4 Å². The number of aromatic nitrogens is 4. The number of ketones is 1. The number of anilines is 2. The lowest BCUT2D eigenvalue weighted by atomic mass is 9.95. The van der Waals surface area contributed by atoms with Crippen LogP contribution in [-0.4, -0.2) is 75.4 Å². The van der Waals surface area contributed by atoms with Gasteiger partial charge in [-0.2, -0.15) is 0 Å². The van der Waals surface area contributed by atoms with Crippen molar-refractivity contribution >= 4 is 23.2 Å². The third kappa shape index (κ3) is 4.64. The number of hydrogen-bond acceptors (Lipinski definition) is 7. The zero-order chi connectivity index (χ0) is 23.5. The van der Waals surface area contributed by atoms with E-state index in [-0.39, 0.29) is 17.6 Å². The number of benzene rings is 1. The summed E-state index contributed by atoms with van der Waals surface area (Å²) in [6.07, 6.45) is 8.54. The highest BCUT2D eigenvalue weighted by molar-refractivity contribution is 5.94. The number of piperidine rings is 1. The number of rotatable bonds is 5. The maximum absolute atomic E-state index is 13.2. The first kappa shape index (κ1) is 22.1. The lowest BCUT2D eigenvalue weighted by Gasteiger charge is -2.39. The Hall–Kier alpha value is -3.75. The molecule has 2 aliphatic heterocycles. The van der Waals surface area contributed by atoms with Crippen LogP contribution in [0.1, 0.15) is 30.1 Å². The molecule has 1 aromatic carbocycles. The molecule has 2 aliphatic rings. The normalized spacial score (nSPS) is 17.1. The van der Waals surface area contributed by atoms with Gasteiger partial charge < -0.3 is 14.7 Å². The van der Waals surface area contributed by atoms with E-state index in [0.717, 1.165) is 75.0 Å². The first-order valence-corrected chi connectivity index (χ1v) is 11.8. The summed E-state index contributed by atoms with van der Waals surface area (Å²) in [6, 6.07) is 9.70. The molecule has 0 bridgehead atoms. The van der Waals surface area contributed by atoms with Crippen LogP contribution >= 0.6 is 0 Å². The summed E-state index contributed by atoms with van der Waals surface area (Å²) in [6.45, 7) is 6.26. The van der Waals surface area contributed by atoms with Gasteiger partial charge in [-0.05, 0) is 44.0 Å². The first-order chi connectivity index (χ1) is 16.6. The van der Waals surface area contributed by atoms with Crippen LogP contribution in [0.3, 0.4) is 0 Å². The van der Waals surface area contributed by atoms with Crippen molar-refractivity contribution in [2.24, 2.45) is 5.92 Å². The lowest BCUT2D eigenvalue weighted by molar-refractivity contribution is -0.136. The average molecular weight is 460 g/mol. The van der Waals surface area contributed by atoms with Gasteiger partial charge in [0.05, 0.1) is 0 Å². The second-order valence-corrected chi connectivity index (χ2v) is 8.88. The summed E-state index contributed by atoms with van der Waals surface area (Å²) in [4.78, 5) is 44.1. The molecule has 0 N–H and O–H groups in total. The predicted octanol–water partition coefficient (Wildman–Crippen LogP) is 2.43. The highest BCUT2D eigenvalue weighted by Crippen LogP contribution is 2.25. The highest BCUT2D eigenvalue weighted by Gasteiger charge is 2.31. The van der Waals surface area contributed by atoms with Gasteiger partial charge in [0.15, 0.2) is 5.78 Å². The molecule has 4 heterocycles. The fourth-order valence-electron chi connectivity index (χ4n) is 4.75. The van der Waals surface area contributed by atoms with Crippen LogP contribution in [0.5, 0.6) is 0 Å². The summed E-state index contributed by atoms with van der Waals surface area (Å²) in [5.74, 6) is 2.08. The SMILES string of the molecule is CC(=O)c1ccc(N2CCN(C(=O)C3CCN(c4cc(-n5ccnc5)ncn4)CC3)CC2)cc1. The number of hydrogen-bond donors (Lipinski definition) is 0. The third-order valence-electron chi connectivity index (χ3n) is 6.81. The van der Waals surface area contributed by atoms with E-state index in [9.17, 15) is 9.59 Å². The summed E-state index contributed by atoms with van der Waals surface area (Å²) >= 11 is 0. The molecule has 9 heteroatoms. The average Bonchev–Trinajstić information content (AvgIpc) is 3.44. The Morgan fingerprint density at radius 3 is 2.24 bits per heavy atom. The molecule has 2 aromatic heterocycles. The summed E-state index contributed by atoms with van der Waals surface area (Å²) < 4.78 is 1.86. The number of imidazole rings is 1. The van der Waals surface area contributed by atoms with Gasteiger partial charge in [0.25, 0.3) is 0 Å². The number of nitrogens with zero attached hydrogens (tertiary/aromatic N) is 7. The van der Waals surface area contributed by atoms with Gasteiger partial charge in [0.1, 0.15) is 24.3 Å². The minimum Gasteiger partial charge on any atom is -0.368 e. The van der Waals surface area contributed by atoms with Crippen molar-refractivity contribution in [1.82, 2.24) is 24.4 Å². The molecule has 0 radical (unpaired) electrons. The fraction of sp³-hybridized carbons (Fsp3) is 0.400. The number of amides is 1. The Morgan fingerprint density at radius 2 is 1.59 bits per heavy atom. The Labute approximate surface area is 199 Å². The van der Waals surface area contributed by atoms with Crippen molar-refractivity contribution in [2.75, 3.05) is 49.1 Å². The maximum Gasteiger partial charge on any atom is 0.225 e. The lowest BCUT2D eigenvalue weighted by Crippen LogP contribution is -2.51. The minimum atomic E-state index is 0.0626. The van der Waals surface area contributed by atoms with Crippen molar-refractivity contribution in [1.29, 1.82) is 0 Å². The van der Waals surface area contributed by atoms with Crippen LogP contribution in [0.25, 0.3) is 5.82 Å². The molecule has 2 saturated heterocycles. The molecule has 0 unspecified atom stereocenters. The van der Waals surface area contributed by atoms with E-state index in [1.54, 1.807) is 25.8 Å². The summed E-state index contributed by atoms with van der Waals surface area (Å²) in [5, 5.41) is 0. The van der Waals surface area contributed by atoms with Crippen LogP contribution in [0.4, 0.5) is 11.5 Å². The van der Waals surface area contributed by atoms with Crippen molar-refractivity contribution in [3.05, 3.63) is 60.9 Å². The number of piperazine rings is 1. The Kier molecular flexibility index (Phi) is 6.24. The Balaban J connectivity index is 1.13. The quantitative estimate of drug-likeness (QED) is 0.542. The van der Waals surface area contributed by atoms with Crippen LogP contribution < -0.4 is 9.80 Å². The topological polar surface area (TPSA) is 87.5 Å². The Morgan fingerprint density at radius 1 is 0.882 bits per heavy atom. The molecule has 9 nitrogen and oxygen atoms in total. The molecule has 2 fully saturated rings. The number of carbonyl (C=O) groups is 2. The van der Waals surface area contributed by atoms with Gasteiger partial charge in [-0.3, -0.25) is 14.2 Å². The second-order valence-electron chi connectivity index (χ2n) is 8.88. The largest absolute Gasteiger partial charge is 0.368 e. The fourth-order valence-corrected chi connectivity index (χ4v) is 4.75. The van der Waals surface area contributed by atoms with E-state index in [0.29, 0.717) is 0 Å². The molecule has 0 saturated carbocycles. The van der Waals surface area contributed by atoms with Crippen LogP contribution in [-0.2, 0) is 4.79 Å². The zero-order valence-corrected chi connectivity index (χ0v) is 19.4. The molecule has 176 valence electrons. The van der Waals surface area contributed by atoms with Gasteiger partial charge in [-0.15, -0.1) is 0 Å². The van der Waals surface area contributed by atoms with E-state index in [1.807, 2.05) is 46.0 Å². The number of carbonyl (C=O) groups excluding carboxylic acids is 2. The maximum atomic E-state index is 13.2. The molecular formula is C25H29N7O2. The zero-order valence-electron chi connectivity index (χ0n) is 19.4. The van der Waals surface area contributed by atoms with Gasteiger partial charge in [-0.25, -0.2) is 15.0 Å².